The molecule has 0 radical (unpaired) electrons. The van der Waals surface area contributed by atoms with Crippen LogP contribution in [0.1, 0.15) is 51.3 Å². The molecule has 3 aliphatic rings. The summed E-state index contributed by atoms with van der Waals surface area (Å²) in [5, 5.41) is 2.61. The van der Waals surface area contributed by atoms with Crippen LogP contribution in [-0.4, -0.2) is 77.0 Å². The second-order valence-corrected chi connectivity index (χ2v) is 11.9. The molecule has 2 aromatic rings. The molecule has 1 fully saturated rings. The standard InChI is InChI=1S/C33H38N4O6S/c1-21(2)43-32(40)30-22(3)34-33-37(26(20-44-33)18-29(39)36-15-13-35(14-16-36)23(4)38)31(30)25-11-12-27(28(17-25)41-5)42-19-24-9-7-6-8-10-24/h6-12,17,20-21,31H,13-16,18-19H2,1-5H3/t31-/m1/s1. The third-order valence-corrected chi connectivity index (χ3v) is 8.60. The fourth-order valence-corrected chi connectivity index (χ4v) is 6.43. The molecule has 11 heteroatoms. The molecule has 5 rings (SSSR count). The van der Waals surface area contributed by atoms with Crippen molar-refractivity contribution in [1.29, 1.82) is 0 Å². The van der Waals surface area contributed by atoms with Gasteiger partial charge in [-0.3, -0.25) is 9.59 Å². The molecule has 0 saturated carbocycles. The lowest BCUT2D eigenvalue weighted by molar-refractivity contribution is -0.143. The number of nitrogens with zero attached hydrogens (tertiary/aromatic N) is 4. The molecule has 0 N–H and O–H groups in total. The van der Waals surface area contributed by atoms with Gasteiger partial charge in [-0.1, -0.05) is 48.2 Å². The molecule has 44 heavy (non-hydrogen) atoms. The minimum absolute atomic E-state index is 0.0129. The summed E-state index contributed by atoms with van der Waals surface area (Å²) in [5.74, 6) is 0.604. The van der Waals surface area contributed by atoms with E-state index in [-0.39, 0.29) is 24.3 Å². The van der Waals surface area contributed by atoms with Crippen molar-refractivity contribution in [3.8, 4) is 11.5 Å². The molecule has 0 spiro atoms. The number of amidine groups is 1. The van der Waals surface area contributed by atoms with Gasteiger partial charge < -0.3 is 28.9 Å². The number of hydrogen-bond acceptors (Lipinski definition) is 9. The number of esters is 1. The zero-order chi connectivity index (χ0) is 31.4. The number of aliphatic imine (C=N–C) groups is 1. The molecule has 3 aliphatic heterocycles. The summed E-state index contributed by atoms with van der Waals surface area (Å²) in [6.45, 7) is 9.34. The Labute approximate surface area is 262 Å². The van der Waals surface area contributed by atoms with Gasteiger partial charge in [-0.05, 0) is 49.4 Å². The second kappa shape index (κ2) is 13.6. The lowest BCUT2D eigenvalue weighted by atomic mass is 9.93. The first kappa shape index (κ1) is 31.2. The first-order valence-corrected chi connectivity index (χ1v) is 15.6. The van der Waals surface area contributed by atoms with Crippen LogP contribution in [0.25, 0.3) is 0 Å². The zero-order valence-electron chi connectivity index (χ0n) is 25.7. The van der Waals surface area contributed by atoms with Crippen molar-refractivity contribution in [2.45, 2.75) is 52.9 Å². The number of rotatable bonds is 9. The third-order valence-electron chi connectivity index (χ3n) is 7.71. The number of thioether (sulfide) groups is 1. The van der Waals surface area contributed by atoms with Gasteiger partial charge in [-0.15, -0.1) is 0 Å². The van der Waals surface area contributed by atoms with Gasteiger partial charge >= 0.3 is 5.97 Å². The minimum atomic E-state index is -0.602. The number of carbonyl (C=O) groups excluding carboxylic acids is 3. The maximum absolute atomic E-state index is 13.6. The van der Waals surface area contributed by atoms with Crippen LogP contribution in [-0.2, 0) is 25.7 Å². The Morgan fingerprint density at radius 3 is 2.36 bits per heavy atom. The molecule has 1 atom stereocenters. The zero-order valence-corrected chi connectivity index (χ0v) is 26.6. The lowest BCUT2D eigenvalue weighted by Crippen LogP contribution is -2.50. The van der Waals surface area contributed by atoms with Crippen molar-refractivity contribution in [1.82, 2.24) is 14.7 Å². The van der Waals surface area contributed by atoms with Crippen LogP contribution < -0.4 is 9.47 Å². The van der Waals surface area contributed by atoms with Gasteiger partial charge in [-0.25, -0.2) is 9.79 Å². The molecule has 2 amide bonds. The Hall–Kier alpha value is -4.25. The molecule has 10 nitrogen and oxygen atoms in total. The number of fused-ring (bicyclic) bond motifs is 1. The number of allylic oxidation sites excluding steroid dienone is 1. The average molecular weight is 619 g/mol. The van der Waals surface area contributed by atoms with Crippen molar-refractivity contribution < 1.29 is 28.6 Å². The maximum atomic E-state index is 13.6. The Bertz CT molecular complexity index is 1510. The fraction of sp³-hybridized carbons (Fsp3) is 0.394. The highest BCUT2D eigenvalue weighted by Crippen LogP contribution is 2.46. The topological polar surface area (TPSA) is 101 Å². The number of piperazine rings is 1. The van der Waals surface area contributed by atoms with Gasteiger partial charge in [0.1, 0.15) is 6.61 Å². The molecule has 0 unspecified atom stereocenters. The summed E-state index contributed by atoms with van der Waals surface area (Å²) in [7, 11) is 1.58. The van der Waals surface area contributed by atoms with Crippen LogP contribution in [0, 0.1) is 0 Å². The predicted molar refractivity (Wildman–Crippen MR) is 169 cm³/mol. The quantitative estimate of drug-likeness (QED) is 0.367. The largest absolute Gasteiger partial charge is 0.493 e. The third kappa shape index (κ3) is 6.77. The summed E-state index contributed by atoms with van der Waals surface area (Å²) in [6.07, 6.45) is -0.195. The van der Waals surface area contributed by atoms with Crippen LogP contribution in [0.5, 0.6) is 11.5 Å². The van der Waals surface area contributed by atoms with E-state index in [4.69, 9.17) is 19.2 Å². The van der Waals surface area contributed by atoms with Crippen LogP contribution >= 0.6 is 11.8 Å². The number of benzene rings is 2. The van der Waals surface area contributed by atoms with E-state index in [2.05, 4.69) is 0 Å². The average Bonchev–Trinajstić information content (AvgIpc) is 3.40. The van der Waals surface area contributed by atoms with E-state index in [9.17, 15) is 14.4 Å². The summed E-state index contributed by atoms with van der Waals surface area (Å²) in [6, 6.07) is 14.9. The molecule has 1 saturated heterocycles. The number of carbonyl (C=O) groups is 3. The van der Waals surface area contributed by atoms with Crippen LogP contribution in [0.3, 0.4) is 0 Å². The van der Waals surface area contributed by atoms with E-state index in [1.807, 2.05) is 72.7 Å². The predicted octanol–water partition coefficient (Wildman–Crippen LogP) is 4.88. The lowest BCUT2D eigenvalue weighted by Gasteiger charge is -2.38. The molecule has 0 aromatic heterocycles. The highest BCUT2D eigenvalue weighted by Gasteiger charge is 2.42. The summed E-state index contributed by atoms with van der Waals surface area (Å²) in [5.41, 5.74) is 3.50. The highest BCUT2D eigenvalue weighted by molar-refractivity contribution is 8.16. The Balaban J connectivity index is 1.44. The molecule has 2 aromatic carbocycles. The van der Waals surface area contributed by atoms with E-state index < -0.39 is 12.0 Å². The van der Waals surface area contributed by atoms with Crippen LogP contribution in [0.2, 0.25) is 0 Å². The SMILES string of the molecule is COc1cc([C@@H]2C(C(=O)OC(C)C)=C(C)N=C3SC=C(CC(=O)N4CCN(C(C)=O)CC4)N32)ccc1OCc1ccccc1. The molecule has 3 heterocycles. The molecule has 0 bridgehead atoms. The van der Waals surface area contributed by atoms with E-state index in [1.165, 1.54) is 11.8 Å². The van der Waals surface area contributed by atoms with Crippen molar-refractivity contribution in [2.24, 2.45) is 4.99 Å². The smallest absolute Gasteiger partial charge is 0.338 e. The second-order valence-electron chi connectivity index (χ2n) is 11.1. The van der Waals surface area contributed by atoms with Crippen LogP contribution in [0.4, 0.5) is 0 Å². The van der Waals surface area contributed by atoms with E-state index in [0.29, 0.717) is 60.7 Å². The fourth-order valence-electron chi connectivity index (χ4n) is 5.47. The summed E-state index contributed by atoms with van der Waals surface area (Å²) < 4.78 is 17.5. The molecule has 0 aliphatic carbocycles. The first-order chi connectivity index (χ1) is 21.2. The molecule has 232 valence electrons. The first-order valence-electron chi connectivity index (χ1n) is 14.7. The highest BCUT2D eigenvalue weighted by atomic mass is 32.2. The maximum Gasteiger partial charge on any atom is 0.338 e. The van der Waals surface area contributed by atoms with Gasteiger partial charge in [0.05, 0.1) is 36.9 Å². The number of hydrogen-bond donors (Lipinski definition) is 0. The van der Waals surface area contributed by atoms with Gasteiger partial charge in [0.25, 0.3) is 0 Å². The number of ether oxygens (including phenoxy) is 3. The van der Waals surface area contributed by atoms with Gasteiger partial charge in [0.15, 0.2) is 16.7 Å². The Kier molecular flexibility index (Phi) is 9.63. The van der Waals surface area contributed by atoms with Crippen LogP contribution in [0.15, 0.2) is 75.9 Å². The van der Waals surface area contributed by atoms with E-state index >= 15 is 0 Å². The minimum Gasteiger partial charge on any atom is -0.493 e. The van der Waals surface area contributed by atoms with Crippen molar-refractivity contribution in [2.75, 3.05) is 33.3 Å². The molecular weight excluding hydrogens is 580 g/mol. The van der Waals surface area contributed by atoms with Crippen molar-refractivity contribution in [3.05, 3.63) is 82.0 Å². The number of methoxy groups -OCH3 is 1. The molecular formula is C33H38N4O6S. The van der Waals surface area contributed by atoms with Crippen molar-refractivity contribution in [3.63, 3.8) is 0 Å². The monoisotopic (exact) mass is 618 g/mol. The van der Waals surface area contributed by atoms with Gasteiger partial charge in [0.2, 0.25) is 11.8 Å². The van der Waals surface area contributed by atoms with Crippen molar-refractivity contribution >= 4 is 34.7 Å². The van der Waals surface area contributed by atoms with Gasteiger partial charge in [0, 0.05) is 38.8 Å². The van der Waals surface area contributed by atoms with E-state index in [1.54, 1.807) is 30.8 Å². The Morgan fingerprint density at radius 1 is 1.00 bits per heavy atom. The normalized spacial score (nSPS) is 18.1. The van der Waals surface area contributed by atoms with Gasteiger partial charge in [-0.2, -0.15) is 0 Å². The summed E-state index contributed by atoms with van der Waals surface area (Å²) in [4.78, 5) is 49.1. The summed E-state index contributed by atoms with van der Waals surface area (Å²) >= 11 is 1.42. The van der Waals surface area contributed by atoms with E-state index in [0.717, 1.165) is 16.8 Å². The number of amides is 2. The Morgan fingerprint density at radius 2 is 1.70 bits per heavy atom.